The second-order valence-electron chi connectivity index (χ2n) is 6.44. The first kappa shape index (κ1) is 23.9. The van der Waals surface area contributed by atoms with E-state index >= 15 is 0 Å². The fraction of sp³-hybridized carbons (Fsp3) is 0.682. The summed E-state index contributed by atoms with van der Waals surface area (Å²) in [4.78, 5) is 12.4. The molecular weight excluding hydrogens is 360 g/mol. The molecule has 0 saturated carbocycles. The second kappa shape index (κ2) is 14.0. The van der Waals surface area contributed by atoms with Gasteiger partial charge >= 0.3 is 5.97 Å². The van der Waals surface area contributed by atoms with Crippen LogP contribution in [0, 0.1) is 0 Å². The molecule has 0 aromatic heterocycles. The second-order valence-corrected chi connectivity index (χ2v) is 6.44. The lowest BCUT2D eigenvalue weighted by atomic mass is 10.1. The van der Waals surface area contributed by atoms with Crippen molar-refractivity contribution in [2.24, 2.45) is 0 Å². The number of benzene rings is 1. The zero-order valence-corrected chi connectivity index (χ0v) is 18.1. The maximum Gasteiger partial charge on any atom is 0.341 e. The highest BCUT2D eigenvalue weighted by atomic mass is 16.6. The topological polar surface area (TPSA) is 63.2 Å². The molecule has 0 atom stereocenters. The van der Waals surface area contributed by atoms with Crippen molar-refractivity contribution in [3.05, 3.63) is 11.6 Å². The summed E-state index contributed by atoms with van der Waals surface area (Å²) in [7, 11) is 1.35. The lowest BCUT2D eigenvalue weighted by Crippen LogP contribution is -2.12. The van der Waals surface area contributed by atoms with Crippen LogP contribution >= 0.6 is 0 Å². The fourth-order valence-corrected chi connectivity index (χ4v) is 2.49. The van der Waals surface area contributed by atoms with E-state index in [-0.39, 0.29) is 5.56 Å². The number of carbonyl (C=O) groups is 1. The molecule has 0 spiro atoms. The predicted octanol–water partition coefficient (Wildman–Crippen LogP) is 5.41. The Bertz CT molecular complexity index is 585. The summed E-state index contributed by atoms with van der Waals surface area (Å²) >= 11 is 0. The minimum Gasteiger partial charge on any atom is -0.490 e. The molecule has 6 nitrogen and oxygen atoms in total. The minimum absolute atomic E-state index is 0.283. The highest BCUT2D eigenvalue weighted by Crippen LogP contribution is 2.47. The molecule has 0 bridgehead atoms. The first-order valence-corrected chi connectivity index (χ1v) is 10.4. The summed E-state index contributed by atoms with van der Waals surface area (Å²) in [6.45, 7) is 10.1. The van der Waals surface area contributed by atoms with Crippen LogP contribution in [0.15, 0.2) is 6.07 Å². The molecular formula is C22H36O6. The van der Waals surface area contributed by atoms with Crippen molar-refractivity contribution in [1.29, 1.82) is 0 Å². The number of hydrogen-bond donors (Lipinski definition) is 0. The summed E-state index contributed by atoms with van der Waals surface area (Å²) in [5.74, 6) is 1.25. The van der Waals surface area contributed by atoms with Gasteiger partial charge in [-0.15, -0.1) is 0 Å². The van der Waals surface area contributed by atoms with E-state index in [1.54, 1.807) is 6.07 Å². The molecule has 0 aliphatic carbocycles. The molecule has 160 valence electrons. The Labute approximate surface area is 169 Å². The smallest absolute Gasteiger partial charge is 0.341 e. The SMILES string of the molecule is CCCCOc1cc(C(=O)OC)c(OCC)c(OCCCC)c1OCCCC. The molecule has 1 aromatic rings. The van der Waals surface area contributed by atoms with E-state index in [9.17, 15) is 4.79 Å². The van der Waals surface area contributed by atoms with Crippen molar-refractivity contribution in [3.63, 3.8) is 0 Å². The van der Waals surface area contributed by atoms with Crippen LogP contribution in [0.5, 0.6) is 23.0 Å². The Kier molecular flexibility index (Phi) is 11.9. The van der Waals surface area contributed by atoms with Gasteiger partial charge < -0.3 is 23.7 Å². The Balaban J connectivity index is 3.46. The normalized spacial score (nSPS) is 10.5. The quantitative estimate of drug-likeness (QED) is 0.292. The molecule has 28 heavy (non-hydrogen) atoms. The van der Waals surface area contributed by atoms with Crippen LogP contribution < -0.4 is 18.9 Å². The third-order valence-electron chi connectivity index (χ3n) is 4.09. The molecule has 0 radical (unpaired) electrons. The van der Waals surface area contributed by atoms with E-state index in [4.69, 9.17) is 23.7 Å². The summed E-state index contributed by atoms with van der Waals surface area (Å²) in [5, 5.41) is 0. The van der Waals surface area contributed by atoms with Crippen LogP contribution in [-0.4, -0.2) is 39.5 Å². The van der Waals surface area contributed by atoms with Gasteiger partial charge in [-0.1, -0.05) is 40.0 Å². The lowest BCUT2D eigenvalue weighted by molar-refractivity contribution is 0.0594. The van der Waals surface area contributed by atoms with Crippen molar-refractivity contribution >= 4 is 5.97 Å². The van der Waals surface area contributed by atoms with Crippen molar-refractivity contribution in [3.8, 4) is 23.0 Å². The third-order valence-corrected chi connectivity index (χ3v) is 4.09. The summed E-state index contributed by atoms with van der Waals surface area (Å²) in [6, 6.07) is 1.64. The molecule has 6 heteroatoms. The van der Waals surface area contributed by atoms with Gasteiger partial charge in [0.05, 0.1) is 33.5 Å². The number of hydrogen-bond acceptors (Lipinski definition) is 6. The van der Waals surface area contributed by atoms with Crippen LogP contribution in [-0.2, 0) is 4.74 Å². The number of unbranched alkanes of at least 4 members (excludes halogenated alkanes) is 3. The molecule has 0 amide bonds. The molecule has 0 N–H and O–H groups in total. The average molecular weight is 397 g/mol. The van der Waals surface area contributed by atoms with E-state index in [1.165, 1.54) is 7.11 Å². The van der Waals surface area contributed by atoms with Gasteiger partial charge in [0, 0.05) is 6.07 Å². The van der Waals surface area contributed by atoms with Crippen molar-refractivity contribution in [2.75, 3.05) is 33.5 Å². The van der Waals surface area contributed by atoms with E-state index < -0.39 is 5.97 Å². The van der Waals surface area contributed by atoms with E-state index in [0.717, 1.165) is 38.5 Å². The number of esters is 1. The Morgan fingerprint density at radius 1 is 0.750 bits per heavy atom. The van der Waals surface area contributed by atoms with Crippen molar-refractivity contribution < 1.29 is 28.5 Å². The molecule has 0 heterocycles. The monoisotopic (exact) mass is 396 g/mol. The van der Waals surface area contributed by atoms with Crippen molar-refractivity contribution in [1.82, 2.24) is 0 Å². The van der Waals surface area contributed by atoms with E-state index in [2.05, 4.69) is 20.8 Å². The molecule has 0 fully saturated rings. The zero-order chi connectivity index (χ0) is 20.8. The Morgan fingerprint density at radius 2 is 1.29 bits per heavy atom. The summed E-state index contributed by atoms with van der Waals surface area (Å²) in [6.07, 6.45) is 5.71. The molecule has 0 saturated heterocycles. The van der Waals surface area contributed by atoms with Gasteiger partial charge in [0.1, 0.15) is 5.56 Å². The summed E-state index contributed by atoms with van der Waals surface area (Å²) in [5.41, 5.74) is 0.283. The molecule has 0 aliphatic heterocycles. The van der Waals surface area contributed by atoms with E-state index in [1.807, 2.05) is 6.92 Å². The average Bonchev–Trinajstić information content (AvgIpc) is 2.70. The van der Waals surface area contributed by atoms with Gasteiger partial charge in [0.25, 0.3) is 0 Å². The summed E-state index contributed by atoms with van der Waals surface area (Å²) < 4.78 is 28.8. The number of ether oxygens (including phenoxy) is 5. The van der Waals surface area contributed by atoms with Crippen LogP contribution in [0.2, 0.25) is 0 Å². The molecule has 1 aromatic carbocycles. The largest absolute Gasteiger partial charge is 0.490 e. The van der Waals surface area contributed by atoms with E-state index in [0.29, 0.717) is 49.4 Å². The highest BCUT2D eigenvalue weighted by molar-refractivity contribution is 5.95. The molecule has 1 rings (SSSR count). The first-order chi connectivity index (χ1) is 13.6. The van der Waals surface area contributed by atoms with Gasteiger partial charge in [-0.25, -0.2) is 4.79 Å². The molecule has 0 unspecified atom stereocenters. The Morgan fingerprint density at radius 3 is 1.79 bits per heavy atom. The number of carbonyl (C=O) groups excluding carboxylic acids is 1. The van der Waals surface area contributed by atoms with Gasteiger partial charge in [-0.05, 0) is 26.2 Å². The van der Waals surface area contributed by atoms with Gasteiger partial charge in [-0.2, -0.15) is 0 Å². The lowest BCUT2D eigenvalue weighted by Gasteiger charge is -2.21. The molecule has 0 aliphatic rings. The van der Waals surface area contributed by atoms with Gasteiger partial charge in [0.2, 0.25) is 11.5 Å². The number of rotatable bonds is 15. The van der Waals surface area contributed by atoms with Crippen LogP contribution in [0.4, 0.5) is 0 Å². The third kappa shape index (κ3) is 7.13. The van der Waals surface area contributed by atoms with Gasteiger partial charge in [0.15, 0.2) is 11.5 Å². The van der Waals surface area contributed by atoms with Crippen molar-refractivity contribution in [2.45, 2.75) is 66.2 Å². The maximum atomic E-state index is 12.4. The highest BCUT2D eigenvalue weighted by Gasteiger charge is 2.27. The first-order valence-electron chi connectivity index (χ1n) is 10.4. The van der Waals surface area contributed by atoms with Gasteiger partial charge in [-0.3, -0.25) is 0 Å². The number of methoxy groups -OCH3 is 1. The van der Waals surface area contributed by atoms with Crippen LogP contribution in [0.1, 0.15) is 76.6 Å². The van der Waals surface area contributed by atoms with Crippen LogP contribution in [0.3, 0.4) is 0 Å². The van der Waals surface area contributed by atoms with Crippen LogP contribution in [0.25, 0.3) is 0 Å². The standard InChI is InChI=1S/C22H36O6/c1-6-10-13-26-18-16-17(22(23)24-5)19(25-9-4)21(28-15-12-8-3)20(18)27-14-11-7-2/h16H,6-15H2,1-5H3. The maximum absolute atomic E-state index is 12.4. The zero-order valence-electron chi connectivity index (χ0n) is 18.1. The Hall–Kier alpha value is -2.11. The minimum atomic E-state index is -0.496. The predicted molar refractivity (Wildman–Crippen MR) is 110 cm³/mol. The fourth-order valence-electron chi connectivity index (χ4n) is 2.49.